The summed E-state index contributed by atoms with van der Waals surface area (Å²) in [5, 5.41) is 14.4. The number of likely N-dealkylation sites (tertiary alicyclic amines) is 1. The molecule has 1 N–H and O–H groups in total. The molecule has 2 fully saturated rings. The van der Waals surface area contributed by atoms with Gasteiger partial charge in [-0.25, -0.2) is 0 Å². The molecule has 2 aliphatic rings. The lowest BCUT2D eigenvalue weighted by atomic mass is 9.92. The minimum absolute atomic E-state index is 0.0997. The van der Waals surface area contributed by atoms with Crippen molar-refractivity contribution in [3.05, 3.63) is 10.0 Å². The number of hydrogen-bond acceptors (Lipinski definition) is 6. The van der Waals surface area contributed by atoms with Gasteiger partial charge in [0.05, 0.1) is 12.6 Å². The molecule has 0 radical (unpaired) electrons. The topological polar surface area (TPSA) is 50.3 Å². The zero-order chi connectivity index (χ0) is 12.6. The number of hydrogen-bond donors (Lipinski definition) is 1. The smallest absolute Gasteiger partial charge is 0.137 e. The van der Waals surface area contributed by atoms with Crippen LogP contribution in [-0.4, -0.2) is 54.0 Å². The highest BCUT2D eigenvalue weighted by atomic mass is 32.1. The number of ether oxygens (including phenoxy) is 1. The van der Waals surface area contributed by atoms with E-state index in [9.17, 15) is 0 Å². The second-order valence-corrected chi connectivity index (χ2v) is 6.27. The summed E-state index contributed by atoms with van der Waals surface area (Å²) in [6, 6.07) is 0.203. The Morgan fingerprint density at radius 3 is 3.11 bits per heavy atom. The Morgan fingerprint density at radius 1 is 1.56 bits per heavy atom. The first kappa shape index (κ1) is 12.5. The predicted octanol–water partition coefficient (Wildman–Crippen LogP) is 0.836. The average Bonchev–Trinajstić information content (AvgIpc) is 2.98. The highest BCUT2D eigenvalue weighted by molar-refractivity contribution is 7.11. The second kappa shape index (κ2) is 4.85. The number of aryl methyl sites for hydroxylation is 1. The van der Waals surface area contributed by atoms with Crippen molar-refractivity contribution in [2.45, 2.75) is 31.4 Å². The zero-order valence-electron chi connectivity index (χ0n) is 11.0. The van der Waals surface area contributed by atoms with E-state index in [1.165, 1.54) is 0 Å². The third-order valence-electron chi connectivity index (χ3n) is 3.85. The summed E-state index contributed by atoms with van der Waals surface area (Å²) in [5.74, 6) is 0. The molecule has 0 aliphatic carbocycles. The van der Waals surface area contributed by atoms with Crippen molar-refractivity contribution < 1.29 is 4.74 Å². The van der Waals surface area contributed by atoms with E-state index in [0.29, 0.717) is 0 Å². The first-order chi connectivity index (χ1) is 8.73. The Kier molecular flexibility index (Phi) is 3.36. The molecule has 3 heterocycles. The lowest BCUT2D eigenvalue weighted by molar-refractivity contribution is -0.0891. The number of aromatic nitrogens is 2. The summed E-state index contributed by atoms with van der Waals surface area (Å²) in [4.78, 5) is 2.34. The number of nitrogens with one attached hydrogen (secondary N) is 1. The van der Waals surface area contributed by atoms with E-state index < -0.39 is 0 Å². The van der Waals surface area contributed by atoms with Gasteiger partial charge in [0, 0.05) is 19.6 Å². The molecular weight excluding hydrogens is 248 g/mol. The molecule has 2 unspecified atom stereocenters. The van der Waals surface area contributed by atoms with Gasteiger partial charge in [-0.2, -0.15) is 0 Å². The van der Waals surface area contributed by atoms with E-state index in [4.69, 9.17) is 4.74 Å². The summed E-state index contributed by atoms with van der Waals surface area (Å²) in [7, 11) is 2.15. The normalized spacial score (nSPS) is 33.3. The van der Waals surface area contributed by atoms with Crippen LogP contribution in [0.15, 0.2) is 0 Å². The standard InChI is InChI=1S/C12H20N4OS/c1-3-9-14-15-11(18-9)10-12(17-7-5-13-10)4-6-16(2)8-12/h10,13H,3-8H2,1-2H3. The molecule has 0 amide bonds. The van der Waals surface area contributed by atoms with Gasteiger partial charge in [-0.15, -0.1) is 10.2 Å². The van der Waals surface area contributed by atoms with Crippen molar-refractivity contribution in [1.82, 2.24) is 20.4 Å². The Bertz CT molecular complexity index is 420. The molecule has 0 bridgehead atoms. The van der Waals surface area contributed by atoms with Crippen molar-refractivity contribution in [3.63, 3.8) is 0 Å². The average molecular weight is 268 g/mol. The molecule has 0 saturated carbocycles. The molecule has 5 nitrogen and oxygen atoms in total. The van der Waals surface area contributed by atoms with Crippen LogP contribution in [0.2, 0.25) is 0 Å². The highest BCUT2D eigenvalue weighted by Gasteiger charge is 2.48. The van der Waals surface area contributed by atoms with E-state index >= 15 is 0 Å². The van der Waals surface area contributed by atoms with Gasteiger partial charge in [0.1, 0.15) is 15.6 Å². The molecule has 18 heavy (non-hydrogen) atoms. The van der Waals surface area contributed by atoms with Crippen LogP contribution in [-0.2, 0) is 11.2 Å². The fourth-order valence-electron chi connectivity index (χ4n) is 2.91. The van der Waals surface area contributed by atoms with Crippen molar-refractivity contribution in [2.24, 2.45) is 0 Å². The van der Waals surface area contributed by atoms with Gasteiger partial charge < -0.3 is 15.0 Å². The summed E-state index contributed by atoms with van der Waals surface area (Å²) < 4.78 is 6.14. The minimum atomic E-state index is -0.0997. The molecular formula is C12H20N4OS. The predicted molar refractivity (Wildman–Crippen MR) is 70.8 cm³/mol. The van der Waals surface area contributed by atoms with Gasteiger partial charge in [0.25, 0.3) is 0 Å². The number of rotatable bonds is 2. The third kappa shape index (κ3) is 2.07. The lowest BCUT2D eigenvalue weighted by Crippen LogP contribution is -2.53. The van der Waals surface area contributed by atoms with Gasteiger partial charge in [-0.1, -0.05) is 18.3 Å². The molecule has 1 spiro atoms. The van der Waals surface area contributed by atoms with Crippen LogP contribution in [0.5, 0.6) is 0 Å². The molecule has 6 heteroatoms. The van der Waals surface area contributed by atoms with Crippen LogP contribution in [0.25, 0.3) is 0 Å². The molecule has 3 rings (SSSR count). The van der Waals surface area contributed by atoms with Crippen molar-refractivity contribution in [3.8, 4) is 0 Å². The SMILES string of the molecule is CCc1nnc(C2NCCOC23CCN(C)C3)s1. The van der Waals surface area contributed by atoms with Crippen molar-refractivity contribution in [2.75, 3.05) is 33.3 Å². The van der Waals surface area contributed by atoms with E-state index in [0.717, 1.165) is 49.1 Å². The molecule has 2 saturated heterocycles. The highest BCUT2D eigenvalue weighted by Crippen LogP contribution is 2.39. The molecule has 1 aromatic heterocycles. The molecule has 2 aliphatic heterocycles. The maximum absolute atomic E-state index is 6.14. The number of likely N-dealkylation sites (N-methyl/N-ethyl adjacent to an activating group) is 1. The van der Waals surface area contributed by atoms with Gasteiger partial charge in [-0.3, -0.25) is 0 Å². The third-order valence-corrected chi connectivity index (χ3v) is 4.98. The second-order valence-electron chi connectivity index (χ2n) is 5.18. The first-order valence-corrected chi connectivity index (χ1v) is 7.43. The Hall–Kier alpha value is -0.560. The Balaban J connectivity index is 1.87. The van der Waals surface area contributed by atoms with Gasteiger partial charge >= 0.3 is 0 Å². The van der Waals surface area contributed by atoms with E-state index in [-0.39, 0.29) is 11.6 Å². The van der Waals surface area contributed by atoms with Gasteiger partial charge in [0.15, 0.2) is 0 Å². The van der Waals surface area contributed by atoms with E-state index in [1.807, 2.05) is 0 Å². The molecule has 0 aromatic carbocycles. The van der Waals surface area contributed by atoms with Gasteiger partial charge in [0.2, 0.25) is 0 Å². The van der Waals surface area contributed by atoms with Crippen molar-refractivity contribution >= 4 is 11.3 Å². The molecule has 1 aromatic rings. The Labute approximate surface area is 112 Å². The maximum Gasteiger partial charge on any atom is 0.137 e. The van der Waals surface area contributed by atoms with Crippen LogP contribution in [0.3, 0.4) is 0 Å². The van der Waals surface area contributed by atoms with Gasteiger partial charge in [-0.05, 0) is 19.9 Å². The van der Waals surface area contributed by atoms with Crippen LogP contribution < -0.4 is 5.32 Å². The van der Waals surface area contributed by atoms with Crippen molar-refractivity contribution in [1.29, 1.82) is 0 Å². The summed E-state index contributed by atoms with van der Waals surface area (Å²) >= 11 is 1.72. The summed E-state index contributed by atoms with van der Waals surface area (Å²) in [6.07, 6.45) is 2.03. The van der Waals surface area contributed by atoms with E-state index in [2.05, 4.69) is 34.4 Å². The van der Waals surface area contributed by atoms with E-state index in [1.54, 1.807) is 11.3 Å². The zero-order valence-corrected chi connectivity index (χ0v) is 11.8. The maximum atomic E-state index is 6.14. The lowest BCUT2D eigenvalue weighted by Gasteiger charge is -2.40. The minimum Gasteiger partial charge on any atom is -0.370 e. The fraction of sp³-hybridized carbons (Fsp3) is 0.833. The van der Waals surface area contributed by atoms with Crippen LogP contribution >= 0.6 is 11.3 Å². The van der Waals surface area contributed by atoms with Crippen LogP contribution in [0.1, 0.15) is 29.4 Å². The summed E-state index contributed by atoms with van der Waals surface area (Å²) in [5.41, 5.74) is -0.0997. The first-order valence-electron chi connectivity index (χ1n) is 6.62. The monoisotopic (exact) mass is 268 g/mol. The number of nitrogens with zero attached hydrogens (tertiary/aromatic N) is 3. The fourth-order valence-corrected chi connectivity index (χ4v) is 3.88. The largest absolute Gasteiger partial charge is 0.370 e. The molecule has 2 atom stereocenters. The molecule has 100 valence electrons. The quantitative estimate of drug-likeness (QED) is 0.861. The number of morpholine rings is 1. The summed E-state index contributed by atoms with van der Waals surface area (Å²) in [6.45, 7) is 5.89. The van der Waals surface area contributed by atoms with Crippen LogP contribution in [0.4, 0.5) is 0 Å². The Morgan fingerprint density at radius 2 is 2.44 bits per heavy atom. The van der Waals surface area contributed by atoms with Crippen LogP contribution in [0, 0.1) is 0 Å².